The zero-order chi connectivity index (χ0) is 18.8. The Balaban J connectivity index is 2.11. The number of aromatic hydroxyl groups is 1. The molecular formula is C18H23N3O3S. The van der Waals surface area contributed by atoms with Gasteiger partial charge >= 0.3 is 0 Å². The zero-order valence-corrected chi connectivity index (χ0v) is 15.6. The highest BCUT2D eigenvalue weighted by Crippen LogP contribution is 2.30. The van der Waals surface area contributed by atoms with Crippen LogP contribution >= 0.6 is 12.2 Å². The molecule has 0 radical (unpaired) electrons. The van der Waals surface area contributed by atoms with Gasteiger partial charge in [-0.25, -0.2) is 0 Å². The smallest absolute Gasteiger partial charge is 0.255 e. The van der Waals surface area contributed by atoms with E-state index in [-0.39, 0.29) is 40.2 Å². The van der Waals surface area contributed by atoms with Gasteiger partial charge in [-0.3, -0.25) is 14.6 Å². The van der Waals surface area contributed by atoms with Crippen LogP contribution in [0.5, 0.6) is 5.75 Å². The Bertz CT molecular complexity index is 907. The van der Waals surface area contributed by atoms with Crippen molar-refractivity contribution >= 4 is 23.8 Å². The van der Waals surface area contributed by atoms with Crippen LogP contribution in [0.3, 0.4) is 0 Å². The van der Waals surface area contributed by atoms with Gasteiger partial charge in [-0.1, -0.05) is 26.8 Å². The maximum absolute atomic E-state index is 12.2. The highest BCUT2D eigenvalue weighted by molar-refractivity contribution is 7.71. The molecule has 1 aromatic carbocycles. The summed E-state index contributed by atoms with van der Waals surface area (Å²) in [7, 11) is 0. The number of hydrogen-bond donors (Lipinski definition) is 4. The molecule has 0 aliphatic heterocycles. The summed E-state index contributed by atoms with van der Waals surface area (Å²) in [6, 6.07) is 5.17. The molecule has 0 aliphatic rings. The molecule has 2 rings (SSSR count). The van der Waals surface area contributed by atoms with Crippen molar-refractivity contribution in [3.8, 4) is 5.75 Å². The highest BCUT2D eigenvalue weighted by Gasteiger charge is 2.16. The molecule has 1 amide bonds. The number of rotatable bonds is 4. The van der Waals surface area contributed by atoms with Gasteiger partial charge in [0.25, 0.3) is 5.56 Å². The van der Waals surface area contributed by atoms with Crippen molar-refractivity contribution in [2.75, 3.05) is 5.32 Å². The van der Waals surface area contributed by atoms with E-state index in [1.54, 1.807) is 19.1 Å². The Morgan fingerprint density at radius 3 is 2.56 bits per heavy atom. The van der Waals surface area contributed by atoms with E-state index in [1.807, 2.05) is 6.07 Å². The number of carbonyl (C=O) groups is 1. The fourth-order valence-electron chi connectivity index (χ4n) is 2.48. The van der Waals surface area contributed by atoms with E-state index < -0.39 is 0 Å². The van der Waals surface area contributed by atoms with Gasteiger partial charge in [-0.15, -0.1) is 0 Å². The Kier molecular flexibility index (Phi) is 5.47. The third-order valence-corrected chi connectivity index (χ3v) is 4.20. The van der Waals surface area contributed by atoms with Crippen LogP contribution in [0.1, 0.15) is 44.0 Å². The minimum absolute atomic E-state index is 0.0131. The Hall–Kier alpha value is -2.41. The number of anilines is 1. The van der Waals surface area contributed by atoms with E-state index in [0.29, 0.717) is 16.9 Å². The molecule has 0 unspecified atom stereocenters. The number of benzene rings is 1. The third-order valence-electron chi connectivity index (χ3n) is 3.99. The van der Waals surface area contributed by atoms with Crippen molar-refractivity contribution < 1.29 is 9.90 Å². The van der Waals surface area contributed by atoms with Gasteiger partial charge in [0.15, 0.2) is 4.77 Å². The second-order valence-corrected chi connectivity index (χ2v) is 7.45. The lowest BCUT2D eigenvalue weighted by Gasteiger charge is -2.20. The quantitative estimate of drug-likeness (QED) is 0.496. The number of carbonyl (C=O) groups excluding carboxylic acids is 1. The third kappa shape index (κ3) is 4.79. The first kappa shape index (κ1) is 18.9. The monoisotopic (exact) mass is 361 g/mol. The average molecular weight is 361 g/mol. The van der Waals surface area contributed by atoms with Gasteiger partial charge in [0.1, 0.15) is 5.75 Å². The largest absolute Gasteiger partial charge is 0.506 e. The van der Waals surface area contributed by atoms with E-state index in [9.17, 15) is 14.7 Å². The summed E-state index contributed by atoms with van der Waals surface area (Å²) in [5.74, 6) is -0.262. The molecule has 0 saturated heterocycles. The lowest BCUT2D eigenvalue weighted by molar-refractivity contribution is -0.116. The summed E-state index contributed by atoms with van der Waals surface area (Å²) >= 11 is 4.91. The highest BCUT2D eigenvalue weighted by atomic mass is 32.1. The molecular weight excluding hydrogens is 338 g/mol. The average Bonchev–Trinajstić information content (AvgIpc) is 2.47. The molecule has 0 bridgehead atoms. The van der Waals surface area contributed by atoms with Crippen LogP contribution in [-0.4, -0.2) is 21.0 Å². The second-order valence-electron chi connectivity index (χ2n) is 7.04. The number of hydrogen-bond acceptors (Lipinski definition) is 4. The van der Waals surface area contributed by atoms with Crippen molar-refractivity contribution in [2.24, 2.45) is 0 Å². The lowest BCUT2D eigenvalue weighted by atomic mass is 9.87. The topological polar surface area (TPSA) is 98.0 Å². The predicted molar refractivity (Wildman–Crippen MR) is 101 cm³/mol. The van der Waals surface area contributed by atoms with Crippen LogP contribution < -0.4 is 10.9 Å². The molecule has 25 heavy (non-hydrogen) atoms. The van der Waals surface area contributed by atoms with Gasteiger partial charge in [0.2, 0.25) is 5.91 Å². The maximum Gasteiger partial charge on any atom is 0.255 e. The van der Waals surface area contributed by atoms with Gasteiger partial charge < -0.3 is 15.4 Å². The molecule has 0 fully saturated rings. The SMILES string of the molecule is Cc1[nH]c(=S)[nH]c(=O)c1CCC(=O)Nc1cc(C(C)(C)C)ccc1O. The molecule has 6 nitrogen and oxygen atoms in total. The van der Waals surface area contributed by atoms with Crippen LogP contribution in [-0.2, 0) is 16.6 Å². The van der Waals surface area contributed by atoms with Gasteiger partial charge in [0, 0.05) is 17.7 Å². The summed E-state index contributed by atoms with van der Waals surface area (Å²) in [6.45, 7) is 7.91. The number of nitrogens with one attached hydrogen (secondary N) is 3. The Morgan fingerprint density at radius 1 is 1.28 bits per heavy atom. The fraction of sp³-hybridized carbons (Fsp3) is 0.389. The molecule has 7 heteroatoms. The van der Waals surface area contributed by atoms with Gasteiger partial charge in [-0.2, -0.15) is 0 Å². The van der Waals surface area contributed by atoms with Gasteiger partial charge in [0.05, 0.1) is 5.69 Å². The number of aromatic nitrogens is 2. The normalized spacial score (nSPS) is 11.4. The molecule has 4 N–H and O–H groups in total. The van der Waals surface area contributed by atoms with Crippen molar-refractivity contribution in [1.82, 2.24) is 9.97 Å². The van der Waals surface area contributed by atoms with Crippen molar-refractivity contribution in [3.05, 3.63) is 50.1 Å². The molecule has 1 aromatic heterocycles. The van der Waals surface area contributed by atoms with Crippen molar-refractivity contribution in [2.45, 2.75) is 46.0 Å². The number of phenols is 1. The number of aromatic amines is 2. The maximum atomic E-state index is 12.2. The standard InChI is InChI=1S/C18H23N3O3S/c1-10-12(16(24)21-17(25)19-10)6-8-15(23)20-13-9-11(18(2,3)4)5-7-14(13)22/h5,7,9,22H,6,8H2,1-4H3,(H,20,23)(H2,19,21,24,25). The molecule has 0 atom stereocenters. The van der Waals surface area contributed by atoms with Crippen LogP contribution in [0.4, 0.5) is 5.69 Å². The summed E-state index contributed by atoms with van der Waals surface area (Å²) < 4.78 is 0.264. The Labute approximate surface area is 151 Å². The number of H-pyrrole nitrogens is 2. The molecule has 0 saturated carbocycles. The first-order valence-electron chi connectivity index (χ1n) is 8.03. The zero-order valence-electron chi connectivity index (χ0n) is 14.8. The molecule has 2 aromatic rings. The van der Waals surface area contributed by atoms with E-state index in [0.717, 1.165) is 5.56 Å². The molecule has 134 valence electrons. The second kappa shape index (κ2) is 7.23. The van der Waals surface area contributed by atoms with E-state index in [4.69, 9.17) is 12.2 Å². The van der Waals surface area contributed by atoms with Crippen molar-refractivity contribution in [3.63, 3.8) is 0 Å². The fourth-order valence-corrected chi connectivity index (χ4v) is 2.73. The van der Waals surface area contributed by atoms with Gasteiger partial charge in [-0.05, 0) is 48.7 Å². The predicted octanol–water partition coefficient (Wildman–Crippen LogP) is 3.32. The number of aryl methyl sites for hydroxylation is 1. The Morgan fingerprint density at radius 2 is 1.96 bits per heavy atom. The van der Waals surface area contributed by atoms with Crippen molar-refractivity contribution in [1.29, 1.82) is 0 Å². The summed E-state index contributed by atoms with van der Waals surface area (Å²) in [4.78, 5) is 29.5. The number of phenolic OH excluding ortho intramolecular Hbond substituents is 1. The summed E-state index contributed by atoms with van der Waals surface area (Å²) in [6.07, 6.45) is 0.395. The minimum Gasteiger partial charge on any atom is -0.506 e. The van der Waals surface area contributed by atoms with E-state index >= 15 is 0 Å². The van der Waals surface area contributed by atoms with Crippen LogP contribution in [0, 0.1) is 11.7 Å². The van der Waals surface area contributed by atoms with Crippen LogP contribution in [0.15, 0.2) is 23.0 Å². The van der Waals surface area contributed by atoms with E-state index in [2.05, 4.69) is 36.1 Å². The first-order valence-corrected chi connectivity index (χ1v) is 8.44. The summed E-state index contributed by atoms with van der Waals surface area (Å²) in [5, 5.41) is 12.7. The van der Waals surface area contributed by atoms with Crippen LogP contribution in [0.25, 0.3) is 0 Å². The lowest BCUT2D eigenvalue weighted by Crippen LogP contribution is -2.20. The molecule has 0 aliphatic carbocycles. The molecule has 0 spiro atoms. The minimum atomic E-state index is -0.286. The van der Waals surface area contributed by atoms with E-state index in [1.165, 1.54) is 0 Å². The number of amides is 1. The first-order chi connectivity index (χ1) is 11.6. The van der Waals surface area contributed by atoms with Crippen LogP contribution in [0.2, 0.25) is 0 Å². The molecule has 1 heterocycles. The summed E-state index contributed by atoms with van der Waals surface area (Å²) in [5.41, 5.74) is 2.14.